The van der Waals surface area contributed by atoms with Crippen molar-refractivity contribution in [3.8, 4) is 6.07 Å². The Hall–Kier alpha value is -2.35. The Morgan fingerprint density at radius 3 is 1.00 bits per heavy atom. The smallest absolute Gasteiger partial charge is 0.384 e. The van der Waals surface area contributed by atoms with Crippen molar-refractivity contribution in [1.29, 1.82) is 5.26 Å². The number of esters is 2. The van der Waals surface area contributed by atoms with E-state index < -0.39 is 48.0 Å². The highest BCUT2D eigenvalue weighted by molar-refractivity contribution is 5.93. The molecule has 0 rings (SSSR count). The van der Waals surface area contributed by atoms with Gasteiger partial charge < -0.3 is 4.74 Å². The third-order valence-corrected chi connectivity index (χ3v) is 2.46. The Morgan fingerprint density at radius 1 is 0.667 bits per heavy atom. The standard InChI is InChI=1S/C8F14O3.C4H7N/c9-3(10,5(13,14)7(17,18)19)1(23)25-2(24)4(11,12)6(15,16)8(20,21)22;1-4(2)3-5/h;4H,1-2H3. The first kappa shape index (κ1) is 29.8. The molecule has 0 amide bonds. The summed E-state index contributed by atoms with van der Waals surface area (Å²) in [6.45, 7) is 3.72. The topological polar surface area (TPSA) is 67.2 Å². The van der Waals surface area contributed by atoms with Gasteiger partial charge in [0.15, 0.2) is 0 Å². The van der Waals surface area contributed by atoms with Crippen LogP contribution >= 0.6 is 0 Å². The molecule has 0 aliphatic rings. The van der Waals surface area contributed by atoms with E-state index in [0.717, 1.165) is 0 Å². The largest absolute Gasteiger partial charge is 0.460 e. The minimum atomic E-state index is -7.33. The summed E-state index contributed by atoms with van der Waals surface area (Å²) in [5.74, 6) is -37.6. The maximum atomic E-state index is 12.6. The molecule has 0 unspecified atom stereocenters. The van der Waals surface area contributed by atoms with Gasteiger partial charge in [0.25, 0.3) is 0 Å². The molecular weight excluding hydrogens is 472 g/mol. The fraction of sp³-hybridized carbons (Fsp3) is 0.750. The van der Waals surface area contributed by atoms with Gasteiger partial charge >= 0.3 is 48.0 Å². The Balaban J connectivity index is 0. The molecule has 0 bridgehead atoms. The molecule has 0 aromatic heterocycles. The van der Waals surface area contributed by atoms with Crippen LogP contribution in [-0.4, -0.2) is 48.0 Å². The second kappa shape index (κ2) is 8.79. The summed E-state index contributed by atoms with van der Waals surface area (Å²) in [7, 11) is 0. The fourth-order valence-corrected chi connectivity index (χ4v) is 0.825. The average Bonchev–Trinajstić information content (AvgIpc) is 2.52. The summed E-state index contributed by atoms with van der Waals surface area (Å²) in [6.07, 6.45) is -14.4. The third-order valence-electron chi connectivity index (χ3n) is 2.46. The molecule has 0 atom stereocenters. The summed E-state index contributed by atoms with van der Waals surface area (Å²) in [4.78, 5) is 20.7. The van der Waals surface area contributed by atoms with E-state index in [0.29, 0.717) is 0 Å². The first-order chi connectivity index (χ1) is 12.8. The maximum Gasteiger partial charge on any atom is 0.460 e. The van der Waals surface area contributed by atoms with Crippen molar-refractivity contribution in [2.45, 2.75) is 49.9 Å². The molecule has 0 spiro atoms. The molecule has 0 fully saturated rings. The summed E-state index contributed by atoms with van der Waals surface area (Å²) < 4.78 is 172. The van der Waals surface area contributed by atoms with Gasteiger partial charge in [-0.05, 0) is 13.8 Å². The van der Waals surface area contributed by atoms with E-state index in [9.17, 15) is 71.1 Å². The monoisotopic (exact) mass is 479 g/mol. The summed E-state index contributed by atoms with van der Waals surface area (Å²) >= 11 is 0. The molecule has 0 radical (unpaired) electrons. The zero-order valence-corrected chi connectivity index (χ0v) is 14.0. The van der Waals surface area contributed by atoms with Crippen molar-refractivity contribution >= 4 is 11.9 Å². The van der Waals surface area contributed by atoms with Crippen LogP contribution in [0.5, 0.6) is 0 Å². The Labute approximate surface area is 156 Å². The number of halogens is 14. The number of hydrogen-bond donors (Lipinski definition) is 0. The van der Waals surface area contributed by atoms with Crippen molar-refractivity contribution in [3.05, 3.63) is 0 Å². The predicted molar refractivity (Wildman–Crippen MR) is 63.4 cm³/mol. The first-order valence-corrected chi connectivity index (χ1v) is 6.63. The summed E-state index contributed by atoms with van der Waals surface area (Å²) in [5.41, 5.74) is 0. The number of carbonyl (C=O) groups excluding carboxylic acids is 2. The Kier molecular flexibility index (Phi) is 8.75. The second-order valence-electron chi connectivity index (χ2n) is 5.25. The molecule has 0 saturated carbocycles. The highest BCUT2D eigenvalue weighted by Gasteiger charge is 2.80. The Bertz CT molecular complexity index is 623. The van der Waals surface area contributed by atoms with Gasteiger partial charge in [0.1, 0.15) is 0 Å². The van der Waals surface area contributed by atoms with Crippen LogP contribution in [0, 0.1) is 17.2 Å². The normalized spacial score (nSPS) is 13.9. The van der Waals surface area contributed by atoms with E-state index in [1.807, 2.05) is 24.7 Å². The van der Waals surface area contributed by atoms with Gasteiger partial charge in [0.05, 0.1) is 6.07 Å². The van der Waals surface area contributed by atoms with Crippen molar-refractivity contribution < 1.29 is 75.8 Å². The van der Waals surface area contributed by atoms with Crippen LogP contribution in [0.2, 0.25) is 0 Å². The summed E-state index contributed by atoms with van der Waals surface area (Å²) in [6, 6.07) is 2.03. The predicted octanol–water partition coefficient (Wildman–Crippen LogP) is 4.89. The molecule has 30 heavy (non-hydrogen) atoms. The number of hydrogen-bond acceptors (Lipinski definition) is 4. The van der Waals surface area contributed by atoms with E-state index in [-0.39, 0.29) is 5.92 Å². The minimum Gasteiger partial charge on any atom is -0.384 e. The highest BCUT2D eigenvalue weighted by atomic mass is 19.4. The lowest BCUT2D eigenvalue weighted by Crippen LogP contribution is -2.60. The quantitative estimate of drug-likeness (QED) is 0.328. The van der Waals surface area contributed by atoms with Gasteiger partial charge in [-0.15, -0.1) is 0 Å². The van der Waals surface area contributed by atoms with E-state index >= 15 is 0 Å². The van der Waals surface area contributed by atoms with Crippen molar-refractivity contribution in [3.63, 3.8) is 0 Å². The van der Waals surface area contributed by atoms with E-state index in [1.54, 1.807) is 0 Å². The fourth-order valence-electron chi connectivity index (χ4n) is 0.825. The van der Waals surface area contributed by atoms with Gasteiger partial charge in [-0.1, -0.05) is 0 Å². The SMILES string of the molecule is CC(C)C#N.O=C(OC(=O)C(F)(F)C(F)(F)C(F)(F)F)C(F)(F)C(F)(F)C(F)(F)F. The van der Waals surface area contributed by atoms with Crippen LogP contribution in [0.25, 0.3) is 0 Å². The molecule has 0 aromatic rings. The van der Waals surface area contributed by atoms with Crippen LogP contribution in [0.1, 0.15) is 13.8 Å². The van der Waals surface area contributed by atoms with Crippen LogP contribution in [0.4, 0.5) is 61.5 Å². The number of nitrogens with zero attached hydrogens (tertiary/aromatic N) is 1. The van der Waals surface area contributed by atoms with E-state index in [4.69, 9.17) is 5.26 Å². The van der Waals surface area contributed by atoms with Crippen molar-refractivity contribution in [2.75, 3.05) is 0 Å². The molecule has 4 nitrogen and oxygen atoms in total. The lowest BCUT2D eigenvalue weighted by Gasteiger charge is -2.28. The Morgan fingerprint density at radius 2 is 0.867 bits per heavy atom. The average molecular weight is 479 g/mol. The van der Waals surface area contributed by atoms with Crippen LogP contribution in [0.15, 0.2) is 0 Å². The number of alkyl halides is 14. The summed E-state index contributed by atoms with van der Waals surface area (Å²) in [5, 5.41) is 7.89. The lowest BCUT2D eigenvalue weighted by molar-refractivity contribution is -0.354. The van der Waals surface area contributed by atoms with E-state index in [1.165, 1.54) is 0 Å². The molecule has 0 heterocycles. The molecule has 0 aliphatic heterocycles. The van der Waals surface area contributed by atoms with Gasteiger partial charge in [-0.2, -0.15) is 66.7 Å². The zero-order valence-electron chi connectivity index (χ0n) is 14.0. The number of rotatable bonds is 4. The molecule has 18 heteroatoms. The van der Waals surface area contributed by atoms with Gasteiger partial charge in [-0.3, -0.25) is 0 Å². The van der Waals surface area contributed by atoms with Crippen molar-refractivity contribution in [1.82, 2.24) is 0 Å². The van der Waals surface area contributed by atoms with Crippen LogP contribution in [-0.2, 0) is 14.3 Å². The van der Waals surface area contributed by atoms with Crippen LogP contribution in [0.3, 0.4) is 0 Å². The molecule has 176 valence electrons. The second-order valence-corrected chi connectivity index (χ2v) is 5.25. The highest BCUT2D eigenvalue weighted by Crippen LogP contribution is 2.49. The van der Waals surface area contributed by atoms with Gasteiger partial charge in [0, 0.05) is 5.92 Å². The lowest BCUT2D eigenvalue weighted by atomic mass is 10.1. The number of carbonyl (C=O) groups is 2. The molecular formula is C12H7F14NO3. The van der Waals surface area contributed by atoms with E-state index in [2.05, 4.69) is 0 Å². The zero-order chi connectivity index (χ0) is 25.1. The third kappa shape index (κ3) is 5.84. The maximum absolute atomic E-state index is 12.6. The molecule has 0 aromatic carbocycles. The van der Waals surface area contributed by atoms with Crippen LogP contribution < -0.4 is 0 Å². The molecule has 0 N–H and O–H groups in total. The number of ether oxygens (including phenoxy) is 1. The minimum absolute atomic E-state index is 0.190. The molecule has 0 saturated heterocycles. The van der Waals surface area contributed by atoms with Crippen molar-refractivity contribution in [2.24, 2.45) is 5.92 Å². The molecule has 0 aliphatic carbocycles. The number of nitriles is 1. The first-order valence-electron chi connectivity index (χ1n) is 6.63. The van der Waals surface area contributed by atoms with Gasteiger partial charge in [-0.25, -0.2) is 9.59 Å². The van der Waals surface area contributed by atoms with Gasteiger partial charge in [0.2, 0.25) is 0 Å².